The second kappa shape index (κ2) is 35.4. The number of hydrogen-bond donors (Lipinski definition) is 1. The van der Waals surface area contributed by atoms with Crippen molar-refractivity contribution in [2.24, 2.45) is 0 Å². The molecule has 0 bridgehead atoms. The van der Waals surface area contributed by atoms with Crippen LogP contribution >= 0.6 is 7.82 Å². The number of carbonyl (C=O) groups is 2. The van der Waals surface area contributed by atoms with E-state index in [1.54, 1.807) is 0 Å². The molecule has 0 rings (SSSR count). The van der Waals surface area contributed by atoms with Gasteiger partial charge in [-0.05, 0) is 70.6 Å². The number of nitrogens with zero attached hydrogens (tertiary/aromatic N) is 1. The number of quaternary nitrogens is 1. The molecule has 0 saturated heterocycles. The molecule has 53 heavy (non-hydrogen) atoms. The van der Waals surface area contributed by atoms with Crippen LogP contribution in [0, 0.1) is 0 Å². The fourth-order valence-electron chi connectivity index (χ4n) is 5.04. The van der Waals surface area contributed by atoms with Crippen molar-refractivity contribution in [3.8, 4) is 0 Å². The molecule has 0 aliphatic carbocycles. The fourth-order valence-corrected chi connectivity index (χ4v) is 5.78. The van der Waals surface area contributed by atoms with Crippen LogP contribution in [0.1, 0.15) is 149 Å². The van der Waals surface area contributed by atoms with Crippen LogP contribution in [0.25, 0.3) is 0 Å². The molecular formula is C43H77NO8P+. The first-order valence-corrected chi connectivity index (χ1v) is 22.0. The summed E-state index contributed by atoms with van der Waals surface area (Å²) in [6, 6.07) is 0. The molecule has 9 nitrogen and oxygen atoms in total. The van der Waals surface area contributed by atoms with Gasteiger partial charge >= 0.3 is 19.8 Å². The third kappa shape index (κ3) is 39.2. The van der Waals surface area contributed by atoms with Gasteiger partial charge < -0.3 is 18.9 Å². The Morgan fingerprint density at radius 1 is 0.604 bits per heavy atom. The van der Waals surface area contributed by atoms with Gasteiger partial charge in [-0.2, -0.15) is 0 Å². The topological polar surface area (TPSA) is 108 Å². The number of hydrogen-bond acceptors (Lipinski definition) is 7. The van der Waals surface area contributed by atoms with Crippen LogP contribution in [0.2, 0.25) is 0 Å². The Balaban J connectivity index is 4.46. The van der Waals surface area contributed by atoms with Crippen LogP contribution in [-0.4, -0.2) is 74.9 Å². The van der Waals surface area contributed by atoms with E-state index < -0.39 is 32.5 Å². The highest BCUT2D eigenvalue weighted by atomic mass is 31.2. The lowest BCUT2D eigenvalue weighted by atomic mass is 10.1. The van der Waals surface area contributed by atoms with Crippen molar-refractivity contribution in [2.45, 2.75) is 155 Å². The number of ether oxygens (including phenoxy) is 2. The zero-order valence-electron chi connectivity index (χ0n) is 34.2. The second-order valence-electron chi connectivity index (χ2n) is 14.6. The standard InChI is InChI=1S/C43H76NO8P/c1-6-8-10-12-14-16-18-20-22-24-25-27-29-31-33-35-42(45)49-39-41(40-51-53(47,48)50-38-37-44(3,4)5)52-43(46)36-34-32-30-28-26-23-21-19-17-15-13-11-9-7-2/h8,10,13-16,19-22,41H,6-7,9,11-12,17-18,23-40H2,1-5H3/p+1/b10-8-,15-13-,16-14-,21-19-,22-20-/t41-/m1/s1. The maximum atomic E-state index is 12.6. The van der Waals surface area contributed by atoms with Crippen molar-refractivity contribution >= 4 is 19.8 Å². The van der Waals surface area contributed by atoms with Gasteiger partial charge in [0.2, 0.25) is 0 Å². The molecule has 306 valence electrons. The van der Waals surface area contributed by atoms with Gasteiger partial charge in [-0.15, -0.1) is 0 Å². The molecule has 1 unspecified atom stereocenters. The summed E-state index contributed by atoms with van der Waals surface area (Å²) < 4.78 is 34.2. The quantitative estimate of drug-likeness (QED) is 0.0221. The predicted octanol–water partition coefficient (Wildman–Crippen LogP) is 11.3. The number of carbonyl (C=O) groups excluding carboxylic acids is 2. The Hall–Kier alpha value is -2.29. The normalized spacial score (nSPS) is 14.3. The summed E-state index contributed by atoms with van der Waals surface area (Å²) in [4.78, 5) is 35.3. The molecule has 0 heterocycles. The molecule has 0 saturated carbocycles. The maximum Gasteiger partial charge on any atom is 0.472 e. The van der Waals surface area contributed by atoms with Gasteiger partial charge in [-0.1, -0.05) is 126 Å². The van der Waals surface area contributed by atoms with E-state index >= 15 is 0 Å². The van der Waals surface area contributed by atoms with Crippen molar-refractivity contribution in [2.75, 3.05) is 47.5 Å². The van der Waals surface area contributed by atoms with E-state index in [1.165, 1.54) is 12.8 Å². The SMILES string of the molecule is CC/C=C\C/C=C\C/C=C\CCCCCCCC(=O)OC[C@H](COP(=O)(O)OCC[N+](C)(C)C)OC(=O)CCCCCCC/C=C\C/C=C\CCCC. The van der Waals surface area contributed by atoms with Crippen molar-refractivity contribution in [1.82, 2.24) is 0 Å². The van der Waals surface area contributed by atoms with Gasteiger partial charge in [0.1, 0.15) is 19.8 Å². The lowest BCUT2D eigenvalue weighted by Crippen LogP contribution is -2.37. The molecule has 1 N–H and O–H groups in total. The van der Waals surface area contributed by atoms with Gasteiger partial charge in [0, 0.05) is 12.8 Å². The Bertz CT molecular complexity index is 1090. The van der Waals surface area contributed by atoms with Crippen molar-refractivity contribution in [1.29, 1.82) is 0 Å². The fraction of sp³-hybridized carbons (Fsp3) is 0.721. The average molecular weight is 767 g/mol. The first-order valence-electron chi connectivity index (χ1n) is 20.5. The minimum atomic E-state index is -4.38. The highest BCUT2D eigenvalue weighted by Crippen LogP contribution is 2.43. The number of unbranched alkanes of at least 4 members (excludes halogenated alkanes) is 12. The maximum absolute atomic E-state index is 12.6. The Morgan fingerprint density at radius 3 is 1.60 bits per heavy atom. The lowest BCUT2D eigenvalue weighted by Gasteiger charge is -2.24. The van der Waals surface area contributed by atoms with E-state index in [4.69, 9.17) is 18.5 Å². The van der Waals surface area contributed by atoms with Crippen molar-refractivity contribution < 1.29 is 42.1 Å². The third-order valence-electron chi connectivity index (χ3n) is 8.28. The highest BCUT2D eigenvalue weighted by molar-refractivity contribution is 7.47. The van der Waals surface area contributed by atoms with Crippen LogP contribution in [-0.2, 0) is 32.7 Å². The molecule has 0 aliphatic rings. The molecule has 0 aromatic heterocycles. The van der Waals surface area contributed by atoms with Crippen LogP contribution in [0.3, 0.4) is 0 Å². The minimum absolute atomic E-state index is 0.0230. The summed E-state index contributed by atoms with van der Waals surface area (Å²) in [6.07, 6.45) is 41.2. The van der Waals surface area contributed by atoms with E-state index in [9.17, 15) is 19.0 Å². The first kappa shape index (κ1) is 50.7. The van der Waals surface area contributed by atoms with Crippen LogP contribution in [0.15, 0.2) is 60.8 Å². The minimum Gasteiger partial charge on any atom is -0.462 e. The lowest BCUT2D eigenvalue weighted by molar-refractivity contribution is -0.870. The molecule has 0 aromatic carbocycles. The molecule has 0 aliphatic heterocycles. The van der Waals surface area contributed by atoms with Crippen LogP contribution in [0.5, 0.6) is 0 Å². The van der Waals surface area contributed by atoms with Gasteiger partial charge in [0.15, 0.2) is 6.10 Å². The van der Waals surface area contributed by atoms with E-state index in [2.05, 4.69) is 74.6 Å². The molecule has 2 atom stereocenters. The number of phosphoric ester groups is 1. The summed E-state index contributed by atoms with van der Waals surface area (Å²) in [5.74, 6) is -0.841. The summed E-state index contributed by atoms with van der Waals surface area (Å²) in [7, 11) is 1.44. The summed E-state index contributed by atoms with van der Waals surface area (Å²) in [5, 5.41) is 0. The van der Waals surface area contributed by atoms with E-state index in [0.29, 0.717) is 23.9 Å². The van der Waals surface area contributed by atoms with E-state index in [0.717, 1.165) is 96.3 Å². The van der Waals surface area contributed by atoms with Crippen LogP contribution < -0.4 is 0 Å². The number of allylic oxidation sites excluding steroid dienone is 10. The predicted molar refractivity (Wildman–Crippen MR) is 219 cm³/mol. The molecular weight excluding hydrogens is 689 g/mol. The van der Waals surface area contributed by atoms with Crippen molar-refractivity contribution in [3.63, 3.8) is 0 Å². The summed E-state index contributed by atoms with van der Waals surface area (Å²) in [6.45, 7) is 4.21. The van der Waals surface area contributed by atoms with Gasteiger partial charge in [-0.25, -0.2) is 4.57 Å². The first-order chi connectivity index (χ1) is 25.5. The molecule has 0 fully saturated rings. The third-order valence-corrected chi connectivity index (χ3v) is 9.27. The molecule has 0 radical (unpaired) electrons. The summed E-state index contributed by atoms with van der Waals surface area (Å²) in [5.41, 5.74) is 0. The van der Waals surface area contributed by atoms with E-state index in [1.807, 2.05) is 21.1 Å². The second-order valence-corrected chi connectivity index (χ2v) is 16.1. The monoisotopic (exact) mass is 767 g/mol. The molecule has 0 amide bonds. The molecule has 10 heteroatoms. The Labute approximate surface area is 324 Å². The van der Waals surface area contributed by atoms with Crippen LogP contribution in [0.4, 0.5) is 0 Å². The van der Waals surface area contributed by atoms with Gasteiger partial charge in [0.25, 0.3) is 0 Å². The van der Waals surface area contributed by atoms with Crippen molar-refractivity contribution in [3.05, 3.63) is 60.8 Å². The Morgan fingerprint density at radius 2 is 1.08 bits per heavy atom. The summed E-state index contributed by atoms with van der Waals surface area (Å²) >= 11 is 0. The zero-order valence-corrected chi connectivity index (χ0v) is 35.1. The van der Waals surface area contributed by atoms with E-state index in [-0.39, 0.29) is 26.1 Å². The largest absolute Gasteiger partial charge is 0.472 e. The highest BCUT2D eigenvalue weighted by Gasteiger charge is 2.27. The number of phosphoric acid groups is 1. The Kier molecular flexibility index (Phi) is 33.9. The molecule has 0 spiro atoms. The molecule has 0 aromatic rings. The number of likely N-dealkylation sites (N-methyl/N-ethyl adjacent to an activating group) is 1. The smallest absolute Gasteiger partial charge is 0.462 e. The van der Waals surface area contributed by atoms with Gasteiger partial charge in [-0.3, -0.25) is 18.6 Å². The zero-order chi connectivity index (χ0) is 39.3. The van der Waals surface area contributed by atoms with Gasteiger partial charge in [0.05, 0.1) is 27.7 Å². The number of rotatable bonds is 36. The number of esters is 2. The average Bonchev–Trinajstić information content (AvgIpc) is 3.10.